The Morgan fingerprint density at radius 2 is 1.86 bits per heavy atom. The number of primary sulfonamides is 1. The molecule has 0 spiro atoms. The smallest absolute Gasteiger partial charge is 0.317 e. The van der Waals surface area contributed by atoms with E-state index in [9.17, 15) is 13.2 Å². The highest BCUT2D eigenvalue weighted by molar-refractivity contribution is 7.89. The Hall–Kier alpha value is -0.820. The second kappa shape index (κ2) is 6.96. The molecule has 1 aliphatic heterocycles. The summed E-state index contributed by atoms with van der Waals surface area (Å²) in [4.78, 5) is 13.9. The van der Waals surface area contributed by atoms with Crippen LogP contribution >= 0.6 is 0 Å². The van der Waals surface area contributed by atoms with Gasteiger partial charge in [0.25, 0.3) is 0 Å². The number of rotatable bonds is 4. The Bertz CT molecular complexity index is 458. The van der Waals surface area contributed by atoms with Crippen LogP contribution in [0.5, 0.6) is 0 Å². The number of piperidine rings is 1. The van der Waals surface area contributed by atoms with E-state index < -0.39 is 10.0 Å². The number of carbonyl (C=O) groups is 1. The second-order valence-electron chi connectivity index (χ2n) is 6.73. The van der Waals surface area contributed by atoms with E-state index in [0.717, 1.165) is 12.5 Å². The van der Waals surface area contributed by atoms with E-state index in [1.54, 1.807) is 4.90 Å². The average Bonchev–Trinajstić information content (AvgIpc) is 2.81. The molecule has 1 saturated carbocycles. The minimum Gasteiger partial charge on any atom is -0.338 e. The molecule has 2 rings (SSSR count). The lowest BCUT2D eigenvalue weighted by molar-refractivity contribution is 0.173. The summed E-state index contributed by atoms with van der Waals surface area (Å²) in [6, 6.07) is -0.0105. The molecular weight excluding hydrogens is 290 g/mol. The largest absolute Gasteiger partial charge is 0.338 e. The Labute approximate surface area is 127 Å². The standard InChI is InChI=1S/C14H27N3O3S/c1-11-2-3-13(8-11)9-16-14(18)17-6-4-12(5-7-17)10-21(15,19)20/h11-13H,2-10H2,1H3,(H,16,18)(H2,15,19,20)/t11-,13-/m0/s1. The van der Waals surface area contributed by atoms with Crippen LogP contribution in [0.1, 0.15) is 39.0 Å². The maximum Gasteiger partial charge on any atom is 0.317 e. The zero-order valence-electron chi connectivity index (χ0n) is 12.8. The van der Waals surface area contributed by atoms with Gasteiger partial charge in [0.05, 0.1) is 5.75 Å². The Morgan fingerprint density at radius 3 is 2.38 bits per heavy atom. The van der Waals surface area contributed by atoms with E-state index >= 15 is 0 Å². The van der Waals surface area contributed by atoms with E-state index in [1.165, 1.54) is 19.3 Å². The van der Waals surface area contributed by atoms with Crippen LogP contribution in [0, 0.1) is 17.8 Å². The maximum atomic E-state index is 12.1. The van der Waals surface area contributed by atoms with Gasteiger partial charge in [0, 0.05) is 19.6 Å². The summed E-state index contributed by atoms with van der Waals surface area (Å²) in [6.07, 6.45) is 5.10. The van der Waals surface area contributed by atoms with Crippen molar-refractivity contribution in [1.82, 2.24) is 10.2 Å². The molecule has 0 unspecified atom stereocenters. The lowest BCUT2D eigenvalue weighted by Gasteiger charge is -2.31. The minimum absolute atomic E-state index is 0.0105. The van der Waals surface area contributed by atoms with E-state index in [0.29, 0.717) is 31.8 Å². The first-order valence-corrected chi connectivity index (χ1v) is 9.58. The zero-order chi connectivity index (χ0) is 15.5. The van der Waals surface area contributed by atoms with Crippen LogP contribution in [-0.2, 0) is 10.0 Å². The molecule has 0 bridgehead atoms. The van der Waals surface area contributed by atoms with Crippen molar-refractivity contribution in [3.63, 3.8) is 0 Å². The molecule has 6 nitrogen and oxygen atoms in total. The van der Waals surface area contributed by atoms with Crippen molar-refractivity contribution < 1.29 is 13.2 Å². The summed E-state index contributed by atoms with van der Waals surface area (Å²) < 4.78 is 22.2. The Balaban J connectivity index is 1.68. The van der Waals surface area contributed by atoms with Crippen LogP contribution < -0.4 is 10.5 Å². The topological polar surface area (TPSA) is 92.5 Å². The van der Waals surface area contributed by atoms with Gasteiger partial charge in [-0.05, 0) is 43.4 Å². The molecule has 2 aliphatic rings. The summed E-state index contributed by atoms with van der Waals surface area (Å²) >= 11 is 0. The fraction of sp³-hybridized carbons (Fsp3) is 0.929. The fourth-order valence-electron chi connectivity index (χ4n) is 3.49. The molecule has 21 heavy (non-hydrogen) atoms. The fourth-order valence-corrected chi connectivity index (χ4v) is 4.48. The number of nitrogens with zero attached hydrogens (tertiary/aromatic N) is 1. The number of hydrogen-bond acceptors (Lipinski definition) is 3. The highest BCUT2D eigenvalue weighted by Gasteiger charge is 2.26. The monoisotopic (exact) mass is 317 g/mol. The number of sulfonamides is 1. The number of nitrogens with two attached hydrogens (primary N) is 1. The molecule has 1 aliphatic carbocycles. The number of likely N-dealkylation sites (tertiary alicyclic amines) is 1. The third-order valence-electron chi connectivity index (χ3n) is 4.72. The second-order valence-corrected chi connectivity index (χ2v) is 8.39. The predicted molar refractivity (Wildman–Crippen MR) is 82.2 cm³/mol. The van der Waals surface area contributed by atoms with Gasteiger partial charge >= 0.3 is 6.03 Å². The first-order valence-electron chi connectivity index (χ1n) is 7.86. The molecule has 0 aromatic rings. The van der Waals surface area contributed by atoms with Crippen LogP contribution in [-0.4, -0.2) is 44.7 Å². The van der Waals surface area contributed by atoms with Crippen molar-refractivity contribution in [2.75, 3.05) is 25.4 Å². The lowest BCUT2D eigenvalue weighted by Crippen LogP contribution is -2.46. The van der Waals surface area contributed by atoms with Gasteiger partial charge < -0.3 is 10.2 Å². The number of nitrogens with one attached hydrogen (secondary N) is 1. The molecule has 0 aromatic carbocycles. The summed E-state index contributed by atoms with van der Waals surface area (Å²) in [5.74, 6) is 1.51. The van der Waals surface area contributed by atoms with Crippen molar-refractivity contribution in [3.8, 4) is 0 Å². The van der Waals surface area contributed by atoms with Crippen molar-refractivity contribution >= 4 is 16.1 Å². The van der Waals surface area contributed by atoms with Gasteiger partial charge in [-0.1, -0.05) is 13.3 Å². The number of carbonyl (C=O) groups excluding carboxylic acids is 1. The highest BCUT2D eigenvalue weighted by atomic mass is 32.2. The lowest BCUT2D eigenvalue weighted by atomic mass is 9.99. The summed E-state index contributed by atoms with van der Waals surface area (Å²) in [7, 11) is -3.41. The normalized spacial score (nSPS) is 27.8. The molecule has 2 amide bonds. The summed E-state index contributed by atoms with van der Waals surface area (Å²) in [5.41, 5.74) is 0. The molecule has 0 radical (unpaired) electrons. The molecule has 2 fully saturated rings. The number of hydrogen-bond donors (Lipinski definition) is 2. The third kappa shape index (κ3) is 5.47. The molecule has 7 heteroatoms. The molecule has 1 saturated heterocycles. The molecule has 0 aromatic heterocycles. The minimum atomic E-state index is -3.41. The van der Waals surface area contributed by atoms with E-state index in [4.69, 9.17) is 5.14 Å². The van der Waals surface area contributed by atoms with Crippen LogP contribution in [0.3, 0.4) is 0 Å². The van der Waals surface area contributed by atoms with E-state index in [2.05, 4.69) is 12.2 Å². The predicted octanol–water partition coefficient (Wildman–Crippen LogP) is 1.13. The van der Waals surface area contributed by atoms with Crippen molar-refractivity contribution in [2.45, 2.75) is 39.0 Å². The Kier molecular flexibility index (Phi) is 5.48. The highest BCUT2D eigenvalue weighted by Crippen LogP contribution is 2.29. The maximum absolute atomic E-state index is 12.1. The van der Waals surface area contributed by atoms with Crippen molar-refractivity contribution in [1.29, 1.82) is 0 Å². The molecule has 3 N–H and O–H groups in total. The van der Waals surface area contributed by atoms with Gasteiger partial charge in [-0.25, -0.2) is 18.4 Å². The van der Waals surface area contributed by atoms with Gasteiger partial charge in [-0.3, -0.25) is 0 Å². The average molecular weight is 317 g/mol. The first kappa shape index (κ1) is 16.5. The van der Waals surface area contributed by atoms with Gasteiger partial charge in [-0.2, -0.15) is 0 Å². The van der Waals surface area contributed by atoms with Gasteiger partial charge in [0.2, 0.25) is 10.0 Å². The SMILES string of the molecule is C[C@H]1CC[C@H](CNC(=O)N2CCC(CS(N)(=O)=O)CC2)C1. The van der Waals surface area contributed by atoms with Crippen LogP contribution in [0.4, 0.5) is 4.79 Å². The van der Waals surface area contributed by atoms with Crippen LogP contribution in [0.2, 0.25) is 0 Å². The van der Waals surface area contributed by atoms with Crippen LogP contribution in [0.15, 0.2) is 0 Å². The molecule has 122 valence electrons. The Morgan fingerprint density at radius 1 is 1.19 bits per heavy atom. The quantitative estimate of drug-likeness (QED) is 0.814. The summed E-state index contributed by atoms with van der Waals surface area (Å²) in [6.45, 7) is 4.26. The first-order chi connectivity index (χ1) is 9.83. The van der Waals surface area contributed by atoms with Gasteiger partial charge in [0.15, 0.2) is 0 Å². The number of amides is 2. The van der Waals surface area contributed by atoms with Crippen molar-refractivity contribution in [2.24, 2.45) is 22.9 Å². The summed E-state index contributed by atoms with van der Waals surface area (Å²) in [5, 5.41) is 8.09. The molecular formula is C14H27N3O3S. The van der Waals surface area contributed by atoms with Gasteiger partial charge in [0.1, 0.15) is 0 Å². The van der Waals surface area contributed by atoms with E-state index in [1.807, 2.05) is 0 Å². The van der Waals surface area contributed by atoms with E-state index in [-0.39, 0.29) is 17.7 Å². The van der Waals surface area contributed by atoms with Gasteiger partial charge in [-0.15, -0.1) is 0 Å². The van der Waals surface area contributed by atoms with Crippen LogP contribution in [0.25, 0.3) is 0 Å². The number of urea groups is 1. The molecule has 2 atom stereocenters. The third-order valence-corrected chi connectivity index (χ3v) is 5.65. The molecule has 1 heterocycles. The zero-order valence-corrected chi connectivity index (χ0v) is 13.6. The van der Waals surface area contributed by atoms with Crippen molar-refractivity contribution in [3.05, 3.63) is 0 Å².